The fourth-order valence-corrected chi connectivity index (χ4v) is 2.46. The van der Waals surface area contributed by atoms with Crippen LogP contribution in [0.3, 0.4) is 0 Å². The van der Waals surface area contributed by atoms with Gasteiger partial charge in [-0.3, -0.25) is 9.69 Å². The second-order valence-electron chi connectivity index (χ2n) is 5.50. The Kier molecular flexibility index (Phi) is 4.35. The van der Waals surface area contributed by atoms with Gasteiger partial charge in [-0.05, 0) is 17.7 Å². The highest BCUT2D eigenvalue weighted by Crippen LogP contribution is 2.32. The topological polar surface area (TPSA) is 88.5 Å². The van der Waals surface area contributed by atoms with Crippen molar-refractivity contribution in [2.24, 2.45) is 0 Å². The Balaban J connectivity index is 1.45. The predicted molar refractivity (Wildman–Crippen MR) is 78.0 cm³/mol. The number of rotatable bonds is 6. The summed E-state index contributed by atoms with van der Waals surface area (Å²) in [7, 11) is 1.54. The van der Waals surface area contributed by atoms with Crippen LogP contribution in [0.15, 0.2) is 18.2 Å². The second kappa shape index (κ2) is 6.43. The van der Waals surface area contributed by atoms with E-state index in [9.17, 15) is 14.7 Å². The first kappa shape index (κ1) is 15.6. The van der Waals surface area contributed by atoms with Crippen molar-refractivity contribution in [3.05, 3.63) is 23.8 Å². The summed E-state index contributed by atoms with van der Waals surface area (Å²) >= 11 is 0. The third-order valence-corrected chi connectivity index (χ3v) is 3.64. The van der Waals surface area contributed by atoms with E-state index in [4.69, 9.17) is 14.2 Å². The van der Waals surface area contributed by atoms with Crippen molar-refractivity contribution in [1.82, 2.24) is 9.80 Å². The smallest absolute Gasteiger partial charge is 0.327 e. The molecule has 0 spiro atoms. The number of hydrogen-bond acceptors (Lipinski definition) is 6. The van der Waals surface area contributed by atoms with E-state index in [0.717, 1.165) is 10.5 Å². The number of aliphatic hydroxyl groups is 1. The molecule has 0 saturated carbocycles. The number of carbonyl (C=O) groups excluding carboxylic acids is 2. The number of fused-ring (bicyclic) bond motifs is 1. The Hall–Kier alpha value is -2.32. The normalized spacial score (nSPS) is 18.0. The summed E-state index contributed by atoms with van der Waals surface area (Å²) in [5, 5.41) is 9.93. The summed E-state index contributed by atoms with van der Waals surface area (Å²) in [6.45, 7) is 0.502. The maximum Gasteiger partial charge on any atom is 0.327 e. The molecule has 1 N–H and O–H groups in total. The monoisotopic (exact) mass is 322 g/mol. The van der Waals surface area contributed by atoms with Gasteiger partial charge >= 0.3 is 6.03 Å². The number of amides is 3. The minimum Gasteiger partial charge on any atom is -0.454 e. The molecular formula is C15H18N2O6. The van der Waals surface area contributed by atoms with Gasteiger partial charge in [0.15, 0.2) is 11.5 Å². The molecule has 8 heteroatoms. The van der Waals surface area contributed by atoms with E-state index in [1.165, 1.54) is 4.90 Å². The molecule has 8 nitrogen and oxygen atoms in total. The lowest BCUT2D eigenvalue weighted by atomic mass is 10.2. The van der Waals surface area contributed by atoms with Crippen molar-refractivity contribution < 1.29 is 28.9 Å². The fraction of sp³-hybridized carbons (Fsp3) is 0.467. The van der Waals surface area contributed by atoms with E-state index in [2.05, 4.69) is 0 Å². The van der Waals surface area contributed by atoms with Crippen LogP contribution in [0.5, 0.6) is 11.5 Å². The molecule has 0 unspecified atom stereocenters. The first-order chi connectivity index (χ1) is 11.0. The van der Waals surface area contributed by atoms with Crippen LogP contribution >= 0.6 is 0 Å². The van der Waals surface area contributed by atoms with Gasteiger partial charge in [-0.25, -0.2) is 4.79 Å². The number of urea groups is 1. The van der Waals surface area contributed by atoms with Gasteiger partial charge in [0.2, 0.25) is 12.7 Å². The molecule has 1 fully saturated rings. The Morgan fingerprint density at radius 3 is 2.83 bits per heavy atom. The summed E-state index contributed by atoms with van der Waals surface area (Å²) in [4.78, 5) is 25.7. The molecule has 1 saturated heterocycles. The second-order valence-corrected chi connectivity index (χ2v) is 5.50. The lowest BCUT2D eigenvalue weighted by Crippen LogP contribution is -2.39. The third-order valence-electron chi connectivity index (χ3n) is 3.64. The van der Waals surface area contributed by atoms with Crippen molar-refractivity contribution in [2.75, 3.05) is 33.5 Å². The van der Waals surface area contributed by atoms with Gasteiger partial charge in [0.25, 0.3) is 0 Å². The fourth-order valence-electron chi connectivity index (χ4n) is 2.46. The van der Waals surface area contributed by atoms with E-state index in [0.29, 0.717) is 11.5 Å². The Morgan fingerprint density at radius 1 is 1.30 bits per heavy atom. The number of imide groups is 1. The van der Waals surface area contributed by atoms with Gasteiger partial charge in [-0.2, -0.15) is 0 Å². The van der Waals surface area contributed by atoms with E-state index in [-0.39, 0.29) is 39.0 Å². The molecule has 2 heterocycles. The van der Waals surface area contributed by atoms with Crippen LogP contribution in [0.2, 0.25) is 0 Å². The maximum absolute atomic E-state index is 11.7. The van der Waals surface area contributed by atoms with Crippen molar-refractivity contribution in [2.45, 2.75) is 12.7 Å². The molecule has 3 rings (SSSR count). The average Bonchev–Trinajstić information content (AvgIpc) is 3.07. The molecule has 0 bridgehead atoms. The number of aliphatic hydroxyl groups excluding tert-OH is 1. The predicted octanol–water partition coefficient (Wildman–Crippen LogP) is 0.187. The number of ether oxygens (including phenoxy) is 3. The van der Waals surface area contributed by atoms with Gasteiger partial charge in [-0.1, -0.05) is 6.07 Å². The molecule has 1 atom stereocenters. The molecule has 23 heavy (non-hydrogen) atoms. The average molecular weight is 322 g/mol. The van der Waals surface area contributed by atoms with E-state index in [1.807, 2.05) is 12.1 Å². The Morgan fingerprint density at radius 2 is 2.09 bits per heavy atom. The maximum atomic E-state index is 11.7. The lowest BCUT2D eigenvalue weighted by Gasteiger charge is -2.18. The van der Waals surface area contributed by atoms with E-state index < -0.39 is 12.1 Å². The molecule has 0 aromatic heterocycles. The lowest BCUT2D eigenvalue weighted by molar-refractivity contribution is -0.126. The zero-order chi connectivity index (χ0) is 16.4. The minimum atomic E-state index is -0.927. The summed E-state index contributed by atoms with van der Waals surface area (Å²) in [6, 6.07) is 5.07. The van der Waals surface area contributed by atoms with Crippen LogP contribution in [0.25, 0.3) is 0 Å². The molecule has 124 valence electrons. The van der Waals surface area contributed by atoms with Crippen LogP contribution in [0.4, 0.5) is 4.79 Å². The van der Waals surface area contributed by atoms with Gasteiger partial charge in [-0.15, -0.1) is 0 Å². The molecular weight excluding hydrogens is 304 g/mol. The van der Waals surface area contributed by atoms with Gasteiger partial charge < -0.3 is 24.2 Å². The van der Waals surface area contributed by atoms with Crippen LogP contribution in [-0.2, 0) is 16.1 Å². The number of hydrogen-bond donors (Lipinski definition) is 1. The Bertz CT molecular complexity index is 620. The van der Waals surface area contributed by atoms with Crippen molar-refractivity contribution in [1.29, 1.82) is 0 Å². The molecule has 2 aliphatic heterocycles. The van der Waals surface area contributed by atoms with E-state index >= 15 is 0 Å². The van der Waals surface area contributed by atoms with Crippen LogP contribution < -0.4 is 9.47 Å². The molecule has 0 radical (unpaired) electrons. The molecule has 2 aliphatic rings. The first-order valence-electron chi connectivity index (χ1n) is 7.24. The van der Waals surface area contributed by atoms with Crippen molar-refractivity contribution in [3.8, 4) is 11.5 Å². The SMILES string of the molecule is CN1CC(=O)N(C[C@H](O)COCc2ccc3c(c2)OCO3)C1=O. The summed E-state index contributed by atoms with van der Waals surface area (Å²) in [5.74, 6) is 1.05. The molecule has 1 aromatic carbocycles. The largest absolute Gasteiger partial charge is 0.454 e. The summed E-state index contributed by atoms with van der Waals surface area (Å²) in [5.41, 5.74) is 0.884. The number of likely N-dealkylation sites (N-methyl/N-ethyl adjacent to an activating group) is 1. The van der Waals surface area contributed by atoms with Crippen LogP contribution in [0.1, 0.15) is 5.56 Å². The Labute approximate surface area is 133 Å². The molecule has 1 aromatic rings. The number of β-amino-alcohol motifs (C(OH)–C–C–N with tert-alkyl or cyclic N) is 1. The van der Waals surface area contributed by atoms with Gasteiger partial charge in [0, 0.05) is 7.05 Å². The summed E-state index contributed by atoms with van der Waals surface area (Å²) in [6.07, 6.45) is -0.927. The van der Waals surface area contributed by atoms with Gasteiger partial charge in [0.1, 0.15) is 6.54 Å². The quantitative estimate of drug-likeness (QED) is 0.752. The summed E-state index contributed by atoms with van der Waals surface area (Å²) < 4.78 is 15.9. The zero-order valence-electron chi connectivity index (χ0n) is 12.7. The number of carbonyl (C=O) groups is 2. The highest BCUT2D eigenvalue weighted by atomic mass is 16.7. The van der Waals surface area contributed by atoms with Crippen molar-refractivity contribution >= 4 is 11.9 Å². The number of benzene rings is 1. The van der Waals surface area contributed by atoms with Crippen LogP contribution in [-0.4, -0.2) is 66.5 Å². The first-order valence-corrected chi connectivity index (χ1v) is 7.24. The third kappa shape index (κ3) is 3.38. The standard InChI is InChI=1S/C15H18N2O6/c1-16-6-14(19)17(15(16)20)5-11(18)8-21-7-10-2-3-12-13(4-10)23-9-22-12/h2-4,11,18H,5-9H2,1H3/t11-/m0/s1. The highest BCUT2D eigenvalue weighted by molar-refractivity contribution is 6.01. The van der Waals surface area contributed by atoms with E-state index in [1.54, 1.807) is 13.1 Å². The molecule has 3 amide bonds. The van der Waals surface area contributed by atoms with Gasteiger partial charge in [0.05, 0.1) is 25.9 Å². The zero-order valence-corrected chi connectivity index (χ0v) is 12.7. The highest BCUT2D eigenvalue weighted by Gasteiger charge is 2.34. The minimum absolute atomic E-state index is 0.0230. The molecule has 0 aliphatic carbocycles. The van der Waals surface area contributed by atoms with Crippen molar-refractivity contribution in [3.63, 3.8) is 0 Å². The van der Waals surface area contributed by atoms with Crippen LogP contribution in [0, 0.1) is 0 Å². The number of nitrogens with zero attached hydrogens (tertiary/aromatic N) is 2.